The summed E-state index contributed by atoms with van der Waals surface area (Å²) in [6.07, 6.45) is 0.0239. The minimum Gasteiger partial charge on any atom is -0.481 e. The van der Waals surface area contributed by atoms with Crippen LogP contribution in [0.4, 0.5) is 5.69 Å². The highest BCUT2D eigenvalue weighted by Gasteiger charge is 2.35. The van der Waals surface area contributed by atoms with E-state index in [0.717, 1.165) is 15.7 Å². The molecule has 0 saturated carbocycles. The van der Waals surface area contributed by atoms with Gasteiger partial charge in [0.25, 0.3) is 0 Å². The fourth-order valence-corrected chi connectivity index (χ4v) is 2.61. The standard InChI is InChI=1S/C15H17BrN2O4/c1-9-6-11(2-3-12(9)16)18-8-10(7-13(18)19)15(22)17-5-4-14(20)21/h2-3,6,10H,4-5,7-8H2,1H3,(H,17,22)(H,20,21). The smallest absolute Gasteiger partial charge is 0.305 e. The molecule has 1 aliphatic heterocycles. The Labute approximate surface area is 136 Å². The van der Waals surface area contributed by atoms with Crippen LogP contribution in [-0.4, -0.2) is 36.0 Å². The Morgan fingerprint density at radius 1 is 1.45 bits per heavy atom. The van der Waals surface area contributed by atoms with Crippen molar-refractivity contribution in [2.24, 2.45) is 5.92 Å². The first-order chi connectivity index (χ1) is 10.4. The molecule has 1 atom stereocenters. The molecule has 1 unspecified atom stereocenters. The molecular formula is C15H17BrN2O4. The molecule has 6 nitrogen and oxygen atoms in total. The third kappa shape index (κ3) is 3.85. The molecule has 2 amide bonds. The van der Waals surface area contributed by atoms with Crippen LogP contribution in [0, 0.1) is 12.8 Å². The molecule has 1 saturated heterocycles. The zero-order valence-corrected chi connectivity index (χ0v) is 13.7. The lowest BCUT2D eigenvalue weighted by molar-refractivity contribution is -0.137. The average molecular weight is 369 g/mol. The molecule has 2 rings (SSSR count). The number of nitrogens with zero attached hydrogens (tertiary/aromatic N) is 1. The number of carbonyl (C=O) groups is 3. The van der Waals surface area contributed by atoms with Crippen LogP contribution < -0.4 is 10.2 Å². The Balaban J connectivity index is 1.99. The molecule has 0 spiro atoms. The minimum atomic E-state index is -0.963. The number of benzene rings is 1. The first kappa shape index (κ1) is 16.5. The number of anilines is 1. The number of aliphatic carboxylic acids is 1. The summed E-state index contributed by atoms with van der Waals surface area (Å²) in [7, 11) is 0. The summed E-state index contributed by atoms with van der Waals surface area (Å²) < 4.78 is 0.964. The maximum absolute atomic E-state index is 12.1. The predicted octanol–water partition coefficient (Wildman–Crippen LogP) is 1.70. The molecule has 0 bridgehead atoms. The third-order valence-corrected chi connectivity index (χ3v) is 4.48. The van der Waals surface area contributed by atoms with Gasteiger partial charge in [0.15, 0.2) is 0 Å². The lowest BCUT2D eigenvalue weighted by Crippen LogP contribution is -2.34. The van der Waals surface area contributed by atoms with Gasteiger partial charge < -0.3 is 15.3 Å². The molecule has 7 heteroatoms. The second-order valence-corrected chi connectivity index (χ2v) is 6.13. The van der Waals surface area contributed by atoms with Crippen LogP contribution in [0.5, 0.6) is 0 Å². The van der Waals surface area contributed by atoms with Gasteiger partial charge in [0.1, 0.15) is 0 Å². The van der Waals surface area contributed by atoms with E-state index in [-0.39, 0.29) is 31.2 Å². The van der Waals surface area contributed by atoms with Crippen molar-refractivity contribution in [2.45, 2.75) is 19.8 Å². The number of carboxylic acids is 1. The van der Waals surface area contributed by atoms with Crippen LogP contribution in [-0.2, 0) is 14.4 Å². The van der Waals surface area contributed by atoms with Crippen LogP contribution in [0.25, 0.3) is 0 Å². The highest BCUT2D eigenvalue weighted by atomic mass is 79.9. The quantitative estimate of drug-likeness (QED) is 0.827. The molecule has 0 aromatic heterocycles. The molecule has 1 aromatic carbocycles. The average Bonchev–Trinajstić information content (AvgIpc) is 2.83. The summed E-state index contributed by atoms with van der Waals surface area (Å²) in [5, 5.41) is 11.1. The number of rotatable bonds is 5. The number of carbonyl (C=O) groups excluding carboxylic acids is 2. The van der Waals surface area contributed by atoms with Crippen LogP contribution in [0.1, 0.15) is 18.4 Å². The van der Waals surface area contributed by atoms with E-state index in [1.54, 1.807) is 4.90 Å². The zero-order chi connectivity index (χ0) is 16.3. The van der Waals surface area contributed by atoms with E-state index < -0.39 is 11.9 Å². The Bertz CT molecular complexity index is 618. The number of hydrogen-bond acceptors (Lipinski definition) is 3. The topological polar surface area (TPSA) is 86.7 Å². The molecule has 2 N–H and O–H groups in total. The molecule has 0 aliphatic carbocycles. The molecular weight excluding hydrogens is 352 g/mol. The number of carboxylic acid groups (broad SMARTS) is 1. The minimum absolute atomic E-state index is 0.0796. The highest BCUT2D eigenvalue weighted by Crippen LogP contribution is 2.28. The number of amides is 2. The highest BCUT2D eigenvalue weighted by molar-refractivity contribution is 9.10. The maximum atomic E-state index is 12.1. The Morgan fingerprint density at radius 2 is 2.18 bits per heavy atom. The second kappa shape index (κ2) is 6.91. The van der Waals surface area contributed by atoms with Gasteiger partial charge in [-0.05, 0) is 30.7 Å². The van der Waals surface area contributed by atoms with Crippen molar-refractivity contribution in [3.8, 4) is 0 Å². The van der Waals surface area contributed by atoms with Gasteiger partial charge in [0.05, 0.1) is 12.3 Å². The Hall–Kier alpha value is -1.89. The van der Waals surface area contributed by atoms with Crippen molar-refractivity contribution in [3.63, 3.8) is 0 Å². The van der Waals surface area contributed by atoms with Crippen molar-refractivity contribution < 1.29 is 19.5 Å². The second-order valence-electron chi connectivity index (χ2n) is 5.27. The summed E-state index contributed by atoms with van der Waals surface area (Å²) in [4.78, 5) is 36.1. The summed E-state index contributed by atoms with van der Waals surface area (Å²) in [6, 6.07) is 5.60. The van der Waals surface area contributed by atoms with Gasteiger partial charge in [0, 0.05) is 29.7 Å². The van der Waals surface area contributed by atoms with Gasteiger partial charge in [-0.25, -0.2) is 0 Å². The third-order valence-electron chi connectivity index (χ3n) is 3.59. The molecule has 1 heterocycles. The van der Waals surface area contributed by atoms with E-state index in [1.807, 2.05) is 25.1 Å². The molecule has 22 heavy (non-hydrogen) atoms. The van der Waals surface area contributed by atoms with Crippen molar-refractivity contribution in [1.82, 2.24) is 5.32 Å². The first-order valence-corrected chi connectivity index (χ1v) is 7.74. The van der Waals surface area contributed by atoms with Gasteiger partial charge in [-0.2, -0.15) is 0 Å². The van der Waals surface area contributed by atoms with Crippen molar-refractivity contribution >= 4 is 39.4 Å². The van der Waals surface area contributed by atoms with Crippen LogP contribution in [0.15, 0.2) is 22.7 Å². The van der Waals surface area contributed by atoms with Crippen LogP contribution >= 0.6 is 15.9 Å². The van der Waals surface area contributed by atoms with E-state index in [0.29, 0.717) is 6.54 Å². The summed E-state index contributed by atoms with van der Waals surface area (Å²) in [6.45, 7) is 2.33. The lowest BCUT2D eigenvalue weighted by Gasteiger charge is -2.17. The SMILES string of the molecule is Cc1cc(N2CC(C(=O)NCCC(=O)O)CC2=O)ccc1Br. The number of nitrogens with one attached hydrogen (secondary N) is 1. The normalized spacial score (nSPS) is 17.6. The summed E-state index contributed by atoms with van der Waals surface area (Å²) in [5.41, 5.74) is 1.78. The number of aryl methyl sites for hydroxylation is 1. The van der Waals surface area contributed by atoms with E-state index >= 15 is 0 Å². The molecule has 1 aromatic rings. The molecule has 118 valence electrons. The lowest BCUT2D eigenvalue weighted by atomic mass is 10.1. The van der Waals surface area contributed by atoms with E-state index in [2.05, 4.69) is 21.2 Å². The zero-order valence-electron chi connectivity index (χ0n) is 12.1. The number of hydrogen-bond donors (Lipinski definition) is 2. The molecule has 1 aliphatic rings. The monoisotopic (exact) mass is 368 g/mol. The molecule has 1 fully saturated rings. The van der Waals surface area contributed by atoms with Gasteiger partial charge in [-0.1, -0.05) is 15.9 Å². The van der Waals surface area contributed by atoms with Gasteiger partial charge >= 0.3 is 5.97 Å². The van der Waals surface area contributed by atoms with Gasteiger partial charge in [0.2, 0.25) is 11.8 Å². The molecule has 0 radical (unpaired) electrons. The maximum Gasteiger partial charge on any atom is 0.305 e. The van der Waals surface area contributed by atoms with Crippen LogP contribution in [0.3, 0.4) is 0 Å². The van der Waals surface area contributed by atoms with E-state index in [1.165, 1.54) is 0 Å². The van der Waals surface area contributed by atoms with Crippen molar-refractivity contribution in [2.75, 3.05) is 18.0 Å². The fraction of sp³-hybridized carbons (Fsp3) is 0.400. The summed E-state index contributed by atoms with van der Waals surface area (Å²) >= 11 is 3.41. The largest absolute Gasteiger partial charge is 0.481 e. The van der Waals surface area contributed by atoms with Crippen molar-refractivity contribution in [1.29, 1.82) is 0 Å². The van der Waals surface area contributed by atoms with Gasteiger partial charge in [-0.3, -0.25) is 14.4 Å². The van der Waals surface area contributed by atoms with Crippen LogP contribution in [0.2, 0.25) is 0 Å². The number of halogens is 1. The van der Waals surface area contributed by atoms with E-state index in [4.69, 9.17) is 5.11 Å². The first-order valence-electron chi connectivity index (χ1n) is 6.94. The summed E-state index contributed by atoms with van der Waals surface area (Å²) in [5.74, 6) is -1.77. The van der Waals surface area contributed by atoms with Crippen molar-refractivity contribution in [3.05, 3.63) is 28.2 Å². The van der Waals surface area contributed by atoms with E-state index in [9.17, 15) is 14.4 Å². The predicted molar refractivity (Wildman–Crippen MR) is 84.6 cm³/mol. The van der Waals surface area contributed by atoms with Gasteiger partial charge in [-0.15, -0.1) is 0 Å². The Morgan fingerprint density at radius 3 is 2.82 bits per heavy atom. The fourth-order valence-electron chi connectivity index (χ4n) is 2.37. The Kier molecular flexibility index (Phi) is 5.18.